The fourth-order valence-electron chi connectivity index (χ4n) is 6.25. The fourth-order valence-corrected chi connectivity index (χ4v) is 6.25. The third-order valence-corrected chi connectivity index (χ3v) is 8.64. The number of furan rings is 1. The summed E-state index contributed by atoms with van der Waals surface area (Å²) in [6.07, 6.45) is 0. The third kappa shape index (κ3) is 5.12. The zero-order valence-corrected chi connectivity index (χ0v) is 26.7. The third-order valence-electron chi connectivity index (χ3n) is 8.64. The molecule has 10 aromatic rings. The molecule has 0 amide bonds. The maximum absolute atomic E-state index is 9.88. The molecule has 0 fully saturated rings. The van der Waals surface area contributed by atoms with Crippen LogP contribution >= 0.6 is 0 Å². The lowest BCUT2D eigenvalue weighted by Crippen LogP contribution is -2.10. The summed E-state index contributed by atoms with van der Waals surface area (Å²) in [5.74, 6) is 0. The molecule has 0 N–H and O–H groups in total. The number of nitrogens with zero attached hydrogens (tertiary/aromatic N) is 1. The molecule has 10 rings (SSSR count). The van der Waals surface area contributed by atoms with Gasteiger partial charge in [0.25, 0.3) is 0 Å². The van der Waals surface area contributed by atoms with Crippen molar-refractivity contribution < 1.29 is 34.6 Å². The Hall–Kier alpha value is -6.90. The number of para-hydroxylation sites is 2. The van der Waals surface area contributed by atoms with Gasteiger partial charge in [-0.3, -0.25) is 0 Å². The van der Waals surface area contributed by atoms with E-state index in [0.29, 0.717) is 22.3 Å². The minimum absolute atomic E-state index is 0.0857. The van der Waals surface area contributed by atoms with Crippen LogP contribution in [-0.4, -0.2) is 0 Å². The van der Waals surface area contributed by atoms with E-state index in [1.165, 1.54) is 12.1 Å². The van der Waals surface area contributed by atoms with Crippen molar-refractivity contribution in [2.45, 2.75) is 0 Å². The van der Waals surface area contributed by atoms with Crippen LogP contribution in [0.25, 0.3) is 76.9 Å². The molecule has 0 aliphatic carbocycles. The molecule has 0 bridgehead atoms. The average Bonchev–Trinajstić information content (AvgIpc) is 3.78. The summed E-state index contributed by atoms with van der Waals surface area (Å²) in [7, 11) is 0. The van der Waals surface area contributed by atoms with Gasteiger partial charge in [0.15, 0.2) is 0 Å². The summed E-state index contributed by atoms with van der Waals surface area (Å²) in [5, 5.41) is -0.471. The number of fused-ring (bicyclic) bond motifs is 5. The zero-order valence-electron chi connectivity index (χ0n) is 48.7. The van der Waals surface area contributed by atoms with Crippen molar-refractivity contribution in [3.8, 4) is 33.4 Å². The molecule has 0 aliphatic rings. The van der Waals surface area contributed by atoms with Crippen molar-refractivity contribution in [1.82, 2.24) is 0 Å². The highest BCUT2D eigenvalue weighted by Crippen LogP contribution is 2.41. The molecular weight excluding hydrogens is 631 g/mol. The number of benzene rings is 9. The van der Waals surface area contributed by atoms with Gasteiger partial charge in [0.1, 0.15) is 11.2 Å². The van der Waals surface area contributed by atoms with Crippen LogP contribution in [-0.2, 0) is 0 Å². The van der Waals surface area contributed by atoms with Crippen LogP contribution in [0.1, 0.15) is 30.2 Å². The number of anilines is 3. The molecular formula is C50H33NO. The highest BCUT2D eigenvalue weighted by Gasteiger charge is 2.17. The molecule has 2 heteroatoms. The topological polar surface area (TPSA) is 16.4 Å². The molecule has 0 saturated heterocycles. The summed E-state index contributed by atoms with van der Waals surface area (Å²) in [6.45, 7) is 0. The molecule has 52 heavy (non-hydrogen) atoms. The van der Waals surface area contributed by atoms with Gasteiger partial charge < -0.3 is 9.32 Å². The van der Waals surface area contributed by atoms with Crippen molar-refractivity contribution >= 4 is 60.5 Å². The summed E-state index contributed by atoms with van der Waals surface area (Å²) in [5.41, 5.74) is -1.85. The first-order valence-corrected chi connectivity index (χ1v) is 16.0. The van der Waals surface area contributed by atoms with Gasteiger partial charge in [0.05, 0.1) is 30.2 Å². The maximum Gasteiger partial charge on any atom is 0.143 e. The van der Waals surface area contributed by atoms with E-state index in [0.717, 1.165) is 15.7 Å². The molecule has 0 unspecified atom stereocenters. The number of hydrogen-bond acceptors (Lipinski definition) is 2. The molecule has 0 radical (unpaired) electrons. The first-order valence-electron chi connectivity index (χ1n) is 27.0. The Balaban J connectivity index is 1.31. The molecule has 0 aliphatic heterocycles. The van der Waals surface area contributed by atoms with Crippen LogP contribution in [0.15, 0.2) is 204 Å². The van der Waals surface area contributed by atoms with E-state index < -0.39 is 188 Å². The summed E-state index contributed by atoms with van der Waals surface area (Å²) >= 11 is 0. The van der Waals surface area contributed by atoms with Gasteiger partial charge in [-0.2, -0.15) is 0 Å². The van der Waals surface area contributed by atoms with Crippen molar-refractivity contribution in [1.29, 1.82) is 0 Å². The van der Waals surface area contributed by atoms with Gasteiger partial charge in [-0.1, -0.05) is 157 Å². The molecule has 0 spiro atoms. The Kier molecular flexibility index (Phi) is 3.63. The van der Waals surface area contributed by atoms with Crippen LogP contribution < -0.4 is 4.90 Å². The first kappa shape index (κ1) is 15.1. The molecule has 2 nitrogen and oxygen atoms in total. The lowest BCUT2D eigenvalue weighted by molar-refractivity contribution is 0.670. The summed E-state index contributed by atoms with van der Waals surface area (Å²) in [6, 6.07) is 0.331. The predicted octanol–water partition coefficient (Wildman–Crippen LogP) is 14.4. The van der Waals surface area contributed by atoms with Crippen molar-refractivity contribution in [2.24, 2.45) is 0 Å². The largest absolute Gasteiger partial charge is 0.455 e. The first-order chi connectivity index (χ1) is 35.0. The molecule has 1 heterocycles. The standard InChI is InChI=1S/C50H33NO/c1-3-17-42-34(11-1)13-8-20-44(42)36-25-29-39(30-26-36)51(41-16-7-15-38(33-41)45-21-9-14-35-12-2-4-18-43(35)45)40-31-27-37(28-32-40)46-22-10-23-48-47-19-5-6-24-49(47)52-50(46)48/h1-33H/i1D,2D,3D,4D,7D,8D,9D,11D,12D,13D,14D,15D,16D,17D,18D,20D,21D,25D,26D,29D,30D,33D. The SMILES string of the molecule is [2H]c1c([2H])c(-c2c([2H])c([2H])c([2H])c3c([2H])c([2H])c([2H])c([2H])c23)c([2H])c(N(c2ccc(-c3cccc4c3oc3ccccc34)cc2)c2c([2H])c([2H])c(-c3c([2H])c([2H])c([2H])c4c([2H])c([2H])c([2H])c([2H])c34)c([2H])c2[2H])c1[2H]. The van der Waals surface area contributed by atoms with Crippen LogP contribution in [0.2, 0.25) is 0 Å². The molecule has 244 valence electrons. The minimum atomic E-state index is -0.944. The Morgan fingerprint density at radius 2 is 1.02 bits per heavy atom. The summed E-state index contributed by atoms with van der Waals surface area (Å²) < 4.78 is 204. The second kappa shape index (κ2) is 12.5. The van der Waals surface area contributed by atoms with Gasteiger partial charge in [-0.15, -0.1) is 0 Å². The Labute approximate surface area is 333 Å². The molecule has 1 aromatic heterocycles. The van der Waals surface area contributed by atoms with E-state index in [9.17, 15) is 11.0 Å². The highest BCUT2D eigenvalue weighted by atomic mass is 16.3. The van der Waals surface area contributed by atoms with Crippen molar-refractivity contribution in [2.75, 3.05) is 4.90 Å². The van der Waals surface area contributed by atoms with Gasteiger partial charge in [-0.05, 0) is 91.7 Å². The minimum Gasteiger partial charge on any atom is -0.455 e. The fraction of sp³-hybridized carbons (Fsp3) is 0. The van der Waals surface area contributed by atoms with Crippen molar-refractivity contribution in [3.05, 3.63) is 200 Å². The van der Waals surface area contributed by atoms with Crippen molar-refractivity contribution in [3.63, 3.8) is 0 Å². The van der Waals surface area contributed by atoms with E-state index in [2.05, 4.69) is 0 Å². The van der Waals surface area contributed by atoms with Crippen LogP contribution in [0.4, 0.5) is 17.1 Å². The summed E-state index contributed by atoms with van der Waals surface area (Å²) in [4.78, 5) is 0.929. The van der Waals surface area contributed by atoms with Gasteiger partial charge in [0.2, 0.25) is 0 Å². The Bertz CT molecular complexity index is 4130. The Morgan fingerprint density at radius 3 is 1.77 bits per heavy atom. The van der Waals surface area contributed by atoms with Gasteiger partial charge in [-0.25, -0.2) is 0 Å². The van der Waals surface area contributed by atoms with E-state index in [-0.39, 0.29) is 5.69 Å². The smallest absolute Gasteiger partial charge is 0.143 e. The highest BCUT2D eigenvalue weighted by molar-refractivity contribution is 6.09. The second-order valence-corrected chi connectivity index (χ2v) is 11.6. The average molecular weight is 686 g/mol. The molecule has 0 saturated carbocycles. The monoisotopic (exact) mass is 685 g/mol. The lowest BCUT2D eigenvalue weighted by Gasteiger charge is -2.26. The predicted molar refractivity (Wildman–Crippen MR) is 220 cm³/mol. The Morgan fingerprint density at radius 1 is 0.385 bits per heavy atom. The molecule has 0 atom stereocenters. The van der Waals surface area contributed by atoms with E-state index >= 15 is 0 Å². The van der Waals surface area contributed by atoms with Crippen LogP contribution in [0.5, 0.6) is 0 Å². The maximum atomic E-state index is 9.88. The quantitative estimate of drug-likeness (QED) is 0.173. The van der Waals surface area contributed by atoms with E-state index in [1.54, 1.807) is 18.2 Å². The van der Waals surface area contributed by atoms with E-state index in [1.807, 2.05) is 36.4 Å². The van der Waals surface area contributed by atoms with Crippen LogP contribution in [0.3, 0.4) is 0 Å². The van der Waals surface area contributed by atoms with Gasteiger partial charge >= 0.3 is 0 Å². The lowest BCUT2D eigenvalue weighted by atomic mass is 9.97. The van der Waals surface area contributed by atoms with Crippen LogP contribution in [0, 0.1) is 0 Å². The number of hydrogen-bond donors (Lipinski definition) is 0. The normalized spacial score (nSPS) is 17.4. The zero-order chi connectivity index (χ0) is 53.6. The van der Waals surface area contributed by atoms with E-state index in [4.69, 9.17) is 23.6 Å². The second-order valence-electron chi connectivity index (χ2n) is 11.6. The molecule has 9 aromatic carbocycles. The number of rotatable bonds is 6. The van der Waals surface area contributed by atoms with Gasteiger partial charge in [0, 0.05) is 33.4 Å².